The third-order valence-corrected chi connectivity index (χ3v) is 5.60. The lowest BCUT2D eigenvalue weighted by molar-refractivity contribution is -0.122. The van der Waals surface area contributed by atoms with Gasteiger partial charge in [-0.2, -0.15) is 0 Å². The largest absolute Gasteiger partial charge is 0.481 e. The molecule has 0 spiro atoms. The van der Waals surface area contributed by atoms with E-state index in [0.717, 1.165) is 0 Å². The van der Waals surface area contributed by atoms with Crippen molar-refractivity contribution in [2.24, 2.45) is 0 Å². The summed E-state index contributed by atoms with van der Waals surface area (Å²) in [7, 11) is -3.72. The lowest BCUT2D eigenvalue weighted by Crippen LogP contribution is -2.30. The van der Waals surface area contributed by atoms with Crippen LogP contribution in [0.1, 0.15) is 6.92 Å². The number of carbonyl (C=O) groups excluding carboxylic acids is 1. The van der Waals surface area contributed by atoms with Crippen molar-refractivity contribution in [1.82, 2.24) is 0 Å². The number of hydrogen-bond acceptors (Lipinski definition) is 4. The average Bonchev–Trinajstić information content (AvgIpc) is 2.70. The topological polar surface area (TPSA) is 84.5 Å². The Hall–Kier alpha value is -3.03. The maximum atomic E-state index is 12.4. The van der Waals surface area contributed by atoms with Crippen LogP contribution < -0.4 is 14.8 Å². The molecule has 150 valence electrons. The summed E-state index contributed by atoms with van der Waals surface area (Å²) in [6, 6.07) is 21.2. The Kier molecular flexibility index (Phi) is 6.41. The fourth-order valence-corrected chi connectivity index (χ4v) is 3.64. The molecule has 0 aromatic heterocycles. The normalized spacial score (nSPS) is 12.1. The van der Waals surface area contributed by atoms with Gasteiger partial charge in [0.25, 0.3) is 15.9 Å². The molecule has 6 nitrogen and oxygen atoms in total. The Balaban J connectivity index is 1.62. The van der Waals surface area contributed by atoms with Crippen molar-refractivity contribution < 1.29 is 17.9 Å². The second kappa shape index (κ2) is 8.98. The number of halogens is 1. The Morgan fingerprint density at radius 2 is 1.52 bits per heavy atom. The third-order valence-electron chi connectivity index (χ3n) is 3.95. The van der Waals surface area contributed by atoms with Gasteiger partial charge in [-0.05, 0) is 67.6 Å². The molecule has 0 fully saturated rings. The first-order valence-electron chi connectivity index (χ1n) is 8.74. The van der Waals surface area contributed by atoms with Crippen LogP contribution in [-0.2, 0) is 14.8 Å². The predicted molar refractivity (Wildman–Crippen MR) is 114 cm³/mol. The van der Waals surface area contributed by atoms with Crippen LogP contribution in [0.5, 0.6) is 5.75 Å². The summed E-state index contributed by atoms with van der Waals surface area (Å²) in [6.45, 7) is 1.62. The highest BCUT2D eigenvalue weighted by Crippen LogP contribution is 2.20. The molecular formula is C21H19ClN2O4S. The van der Waals surface area contributed by atoms with Crippen molar-refractivity contribution in [3.8, 4) is 5.75 Å². The van der Waals surface area contributed by atoms with Crippen LogP contribution in [0.3, 0.4) is 0 Å². The van der Waals surface area contributed by atoms with E-state index in [0.29, 0.717) is 22.1 Å². The van der Waals surface area contributed by atoms with Gasteiger partial charge < -0.3 is 10.1 Å². The summed E-state index contributed by atoms with van der Waals surface area (Å²) in [5.41, 5.74) is 0.929. The van der Waals surface area contributed by atoms with Crippen molar-refractivity contribution in [1.29, 1.82) is 0 Å². The van der Waals surface area contributed by atoms with Crippen LogP contribution in [0, 0.1) is 0 Å². The van der Waals surface area contributed by atoms with E-state index in [9.17, 15) is 13.2 Å². The molecule has 2 N–H and O–H groups in total. The SMILES string of the molecule is CC(Oc1ccc(Cl)cc1)C(=O)Nc1ccc(S(=O)(=O)Nc2ccccc2)cc1. The van der Waals surface area contributed by atoms with Crippen LogP contribution in [0.15, 0.2) is 83.8 Å². The van der Waals surface area contributed by atoms with Gasteiger partial charge in [0.2, 0.25) is 0 Å². The zero-order valence-electron chi connectivity index (χ0n) is 15.5. The van der Waals surface area contributed by atoms with Crippen LogP contribution in [0.25, 0.3) is 0 Å². The number of nitrogens with one attached hydrogen (secondary N) is 2. The monoisotopic (exact) mass is 430 g/mol. The number of hydrogen-bond donors (Lipinski definition) is 2. The summed E-state index contributed by atoms with van der Waals surface area (Å²) >= 11 is 5.83. The number of rotatable bonds is 7. The van der Waals surface area contributed by atoms with E-state index in [1.54, 1.807) is 61.5 Å². The fraction of sp³-hybridized carbons (Fsp3) is 0.0952. The number of anilines is 2. The van der Waals surface area contributed by atoms with Crippen molar-refractivity contribution in [3.63, 3.8) is 0 Å². The van der Waals surface area contributed by atoms with Gasteiger partial charge in [-0.3, -0.25) is 9.52 Å². The maximum Gasteiger partial charge on any atom is 0.265 e. The molecule has 0 aliphatic rings. The molecular weight excluding hydrogens is 412 g/mol. The molecule has 3 aromatic carbocycles. The number of amides is 1. The fourth-order valence-electron chi connectivity index (χ4n) is 2.45. The Bertz CT molecular complexity index is 1070. The van der Waals surface area contributed by atoms with Crippen molar-refractivity contribution in [2.75, 3.05) is 10.0 Å². The Morgan fingerprint density at radius 1 is 0.897 bits per heavy atom. The minimum Gasteiger partial charge on any atom is -0.481 e. The molecule has 0 heterocycles. The first kappa shape index (κ1) is 20.7. The van der Waals surface area contributed by atoms with Gasteiger partial charge in [-0.1, -0.05) is 29.8 Å². The quantitative estimate of drug-likeness (QED) is 0.576. The number of benzene rings is 3. The maximum absolute atomic E-state index is 12.4. The van der Waals surface area contributed by atoms with E-state index in [1.165, 1.54) is 24.3 Å². The highest BCUT2D eigenvalue weighted by molar-refractivity contribution is 7.92. The number of para-hydroxylation sites is 1. The molecule has 0 saturated carbocycles. The predicted octanol–water partition coefficient (Wildman–Crippen LogP) is 4.55. The van der Waals surface area contributed by atoms with E-state index >= 15 is 0 Å². The van der Waals surface area contributed by atoms with Gasteiger partial charge in [0.1, 0.15) is 5.75 Å². The lowest BCUT2D eigenvalue weighted by atomic mass is 10.3. The van der Waals surface area contributed by atoms with Crippen LogP contribution in [0.4, 0.5) is 11.4 Å². The van der Waals surface area contributed by atoms with Crippen LogP contribution in [-0.4, -0.2) is 20.4 Å². The zero-order chi connectivity index (χ0) is 20.9. The minimum atomic E-state index is -3.72. The van der Waals surface area contributed by atoms with E-state index < -0.39 is 16.1 Å². The summed E-state index contributed by atoms with van der Waals surface area (Å²) in [5, 5.41) is 3.27. The van der Waals surface area contributed by atoms with E-state index in [1.807, 2.05) is 0 Å². The van der Waals surface area contributed by atoms with Gasteiger partial charge in [0.15, 0.2) is 6.10 Å². The molecule has 0 saturated heterocycles. The first-order valence-corrected chi connectivity index (χ1v) is 10.6. The lowest BCUT2D eigenvalue weighted by Gasteiger charge is -2.15. The van der Waals surface area contributed by atoms with Crippen molar-refractivity contribution in [3.05, 3.63) is 83.9 Å². The average molecular weight is 431 g/mol. The van der Waals surface area contributed by atoms with Gasteiger partial charge in [-0.15, -0.1) is 0 Å². The van der Waals surface area contributed by atoms with Crippen LogP contribution in [0.2, 0.25) is 5.02 Å². The highest BCUT2D eigenvalue weighted by atomic mass is 35.5. The van der Waals surface area contributed by atoms with E-state index in [-0.39, 0.29) is 10.8 Å². The molecule has 0 aliphatic carbocycles. The molecule has 0 radical (unpaired) electrons. The highest BCUT2D eigenvalue weighted by Gasteiger charge is 2.17. The number of sulfonamides is 1. The molecule has 0 aliphatic heterocycles. The summed E-state index contributed by atoms with van der Waals surface area (Å²) in [5.74, 6) is 0.156. The van der Waals surface area contributed by atoms with Crippen molar-refractivity contribution >= 4 is 38.9 Å². The van der Waals surface area contributed by atoms with Crippen molar-refractivity contribution in [2.45, 2.75) is 17.9 Å². The summed E-state index contributed by atoms with van der Waals surface area (Å²) < 4.78 is 33.0. The zero-order valence-corrected chi connectivity index (χ0v) is 17.1. The molecule has 8 heteroatoms. The molecule has 1 atom stereocenters. The first-order chi connectivity index (χ1) is 13.8. The summed E-state index contributed by atoms with van der Waals surface area (Å²) in [6.07, 6.45) is -0.751. The van der Waals surface area contributed by atoms with Gasteiger partial charge in [0.05, 0.1) is 4.90 Å². The second-order valence-electron chi connectivity index (χ2n) is 6.20. The molecule has 1 amide bonds. The number of ether oxygens (including phenoxy) is 1. The molecule has 3 aromatic rings. The third kappa shape index (κ3) is 5.73. The van der Waals surface area contributed by atoms with Crippen LogP contribution >= 0.6 is 11.6 Å². The van der Waals surface area contributed by atoms with E-state index in [2.05, 4.69) is 10.0 Å². The second-order valence-corrected chi connectivity index (χ2v) is 8.32. The Labute approximate surface area is 174 Å². The molecule has 0 bridgehead atoms. The smallest absolute Gasteiger partial charge is 0.265 e. The molecule has 3 rings (SSSR count). The van der Waals surface area contributed by atoms with Gasteiger partial charge >= 0.3 is 0 Å². The minimum absolute atomic E-state index is 0.0878. The van der Waals surface area contributed by atoms with E-state index in [4.69, 9.17) is 16.3 Å². The standard InChI is InChI=1S/C21H19ClN2O4S/c1-15(28-19-11-7-16(22)8-12-19)21(25)23-17-9-13-20(14-10-17)29(26,27)24-18-5-3-2-4-6-18/h2-15,24H,1H3,(H,23,25). The summed E-state index contributed by atoms with van der Waals surface area (Å²) in [4.78, 5) is 12.4. The van der Waals surface area contributed by atoms with Gasteiger partial charge in [-0.25, -0.2) is 8.42 Å². The Morgan fingerprint density at radius 3 is 2.14 bits per heavy atom. The number of carbonyl (C=O) groups is 1. The molecule has 29 heavy (non-hydrogen) atoms. The molecule has 1 unspecified atom stereocenters. The van der Waals surface area contributed by atoms with Gasteiger partial charge in [0, 0.05) is 16.4 Å².